The zero-order valence-electron chi connectivity index (χ0n) is 24.8. The summed E-state index contributed by atoms with van der Waals surface area (Å²) in [7, 11) is 0. The van der Waals surface area contributed by atoms with Gasteiger partial charge in [-0.15, -0.1) is 10.1 Å². The van der Waals surface area contributed by atoms with Crippen LogP contribution in [-0.2, 0) is 14.4 Å². The molecule has 0 atom stereocenters. The Labute approximate surface area is 248 Å². The van der Waals surface area contributed by atoms with E-state index in [1.54, 1.807) is 30.3 Å². The number of ether oxygens (including phenoxy) is 2. The molecular weight excluding hydrogens is 548 g/mol. The molecule has 2 aliphatic rings. The summed E-state index contributed by atoms with van der Waals surface area (Å²) >= 11 is 0. The van der Waals surface area contributed by atoms with Crippen LogP contribution in [0.5, 0.6) is 5.75 Å². The fourth-order valence-electron chi connectivity index (χ4n) is 4.73. The van der Waals surface area contributed by atoms with Gasteiger partial charge in [0.05, 0.1) is 6.61 Å². The standard InChI is InChI=1S/C16H29N3O5.C15H18F2O/c1-2-3-4-5-7-16(20)23-15-13-18-11-9-17(10-12-18)8-6-14-24-19(21)22;16-15(17,11-10-13-6-4-5-7-13)12-18-14-8-2-1-3-9-14/h2-3H,4-15H2,1H3;1-3,8-11,13H,4-7,12H2/b3-2-;11-10+. The van der Waals surface area contributed by atoms with Crippen LogP contribution in [0.4, 0.5) is 8.78 Å². The van der Waals surface area contributed by atoms with Gasteiger partial charge in [-0.3, -0.25) is 9.69 Å². The number of hydrogen-bond acceptors (Lipinski definition) is 8. The van der Waals surface area contributed by atoms with E-state index in [0.717, 1.165) is 83.9 Å². The second-order valence-electron chi connectivity index (χ2n) is 10.5. The summed E-state index contributed by atoms with van der Waals surface area (Å²) < 4.78 is 37.4. The Morgan fingerprint density at radius 2 is 1.71 bits per heavy atom. The topological polar surface area (TPSA) is 94.4 Å². The Hall–Kier alpha value is -3.05. The Morgan fingerprint density at radius 1 is 1.05 bits per heavy atom. The van der Waals surface area contributed by atoms with E-state index in [4.69, 9.17) is 9.47 Å². The number of para-hydroxylation sites is 1. The molecule has 0 unspecified atom stereocenters. The molecule has 0 amide bonds. The number of esters is 1. The molecule has 1 aromatic carbocycles. The Kier molecular flexibility index (Phi) is 17.4. The minimum atomic E-state index is -2.89. The van der Waals surface area contributed by atoms with Crippen molar-refractivity contribution in [3.8, 4) is 5.75 Å². The number of benzene rings is 1. The molecule has 1 aromatic rings. The zero-order valence-corrected chi connectivity index (χ0v) is 24.8. The van der Waals surface area contributed by atoms with Gasteiger partial charge in [0, 0.05) is 45.7 Å². The first kappa shape index (κ1) is 35.1. The molecule has 3 rings (SSSR count). The van der Waals surface area contributed by atoms with Crippen molar-refractivity contribution >= 4 is 5.97 Å². The van der Waals surface area contributed by atoms with Crippen molar-refractivity contribution < 1.29 is 33.0 Å². The summed E-state index contributed by atoms with van der Waals surface area (Å²) in [5.74, 6) is -2.21. The molecule has 1 aliphatic heterocycles. The first-order valence-electron chi connectivity index (χ1n) is 15.0. The van der Waals surface area contributed by atoms with Crippen LogP contribution in [0.25, 0.3) is 0 Å². The maximum atomic E-state index is 13.6. The molecule has 1 heterocycles. The number of nitrogens with zero attached hydrogens (tertiary/aromatic N) is 3. The van der Waals surface area contributed by atoms with E-state index < -0.39 is 17.6 Å². The maximum Gasteiger partial charge on any atom is 0.305 e. The molecule has 1 saturated heterocycles. The zero-order chi connectivity index (χ0) is 30.5. The van der Waals surface area contributed by atoms with Crippen LogP contribution in [0.3, 0.4) is 0 Å². The summed E-state index contributed by atoms with van der Waals surface area (Å²) in [5.41, 5.74) is 0. The lowest BCUT2D eigenvalue weighted by molar-refractivity contribution is -0.757. The lowest BCUT2D eigenvalue weighted by Gasteiger charge is -2.34. The summed E-state index contributed by atoms with van der Waals surface area (Å²) in [6.07, 6.45) is 14.0. The van der Waals surface area contributed by atoms with Gasteiger partial charge in [-0.2, -0.15) is 8.78 Å². The number of carbonyl (C=O) groups excluding carboxylic acids is 1. The molecule has 236 valence electrons. The van der Waals surface area contributed by atoms with Crippen LogP contribution in [0.15, 0.2) is 54.6 Å². The molecule has 0 spiro atoms. The molecule has 0 bridgehead atoms. The van der Waals surface area contributed by atoms with E-state index in [0.29, 0.717) is 31.1 Å². The number of carbonyl (C=O) groups is 1. The number of rotatable bonds is 17. The summed E-state index contributed by atoms with van der Waals surface area (Å²) in [6, 6.07) is 8.71. The Bertz CT molecular complexity index is 934. The van der Waals surface area contributed by atoms with Crippen LogP contribution < -0.4 is 4.74 Å². The molecule has 0 N–H and O–H groups in total. The highest BCUT2D eigenvalue weighted by atomic mass is 19.3. The van der Waals surface area contributed by atoms with E-state index in [2.05, 4.69) is 20.7 Å². The number of alkyl halides is 2. The lowest BCUT2D eigenvalue weighted by Crippen LogP contribution is -2.47. The van der Waals surface area contributed by atoms with Gasteiger partial charge in [-0.1, -0.05) is 49.3 Å². The van der Waals surface area contributed by atoms with Crippen molar-refractivity contribution in [2.75, 3.05) is 59.1 Å². The highest BCUT2D eigenvalue weighted by Crippen LogP contribution is 2.28. The van der Waals surface area contributed by atoms with Crippen molar-refractivity contribution in [1.29, 1.82) is 0 Å². The quantitative estimate of drug-likeness (QED) is 0.0718. The number of halogens is 2. The number of hydrogen-bond donors (Lipinski definition) is 0. The van der Waals surface area contributed by atoms with Crippen molar-refractivity contribution in [2.24, 2.45) is 5.92 Å². The highest BCUT2D eigenvalue weighted by Gasteiger charge is 2.27. The van der Waals surface area contributed by atoms with Gasteiger partial charge < -0.3 is 19.2 Å². The summed E-state index contributed by atoms with van der Waals surface area (Å²) in [6.45, 7) is 7.24. The molecule has 42 heavy (non-hydrogen) atoms. The first-order chi connectivity index (χ1) is 20.3. The molecule has 11 heteroatoms. The third-order valence-electron chi connectivity index (χ3n) is 7.12. The number of allylic oxidation sites excluding steroid dienone is 3. The van der Waals surface area contributed by atoms with E-state index in [1.165, 1.54) is 0 Å². The minimum absolute atomic E-state index is 0.121. The van der Waals surface area contributed by atoms with Crippen LogP contribution >= 0.6 is 0 Å². The third kappa shape index (κ3) is 17.0. The summed E-state index contributed by atoms with van der Waals surface area (Å²) in [4.78, 5) is 30.5. The van der Waals surface area contributed by atoms with Gasteiger partial charge in [0.15, 0.2) is 6.61 Å². The molecule has 0 aromatic heterocycles. The molecule has 1 aliphatic carbocycles. The van der Waals surface area contributed by atoms with Crippen molar-refractivity contribution in [1.82, 2.24) is 9.80 Å². The third-order valence-corrected chi connectivity index (χ3v) is 7.12. The molecule has 1 saturated carbocycles. The Morgan fingerprint density at radius 3 is 2.36 bits per heavy atom. The highest BCUT2D eigenvalue weighted by molar-refractivity contribution is 5.69. The second kappa shape index (κ2) is 20.8. The maximum absolute atomic E-state index is 13.6. The SMILES string of the molecule is C/C=C\CCCC(=O)OCCN1CCN(CCCO[N+](=O)[O-])CC1.FC(F)(/C=C/C1CCCC1)COc1ccccc1. The molecular formula is C31H47F2N3O6. The fraction of sp³-hybridized carbons (Fsp3) is 0.645. The monoisotopic (exact) mass is 595 g/mol. The van der Waals surface area contributed by atoms with Crippen LogP contribution in [-0.4, -0.2) is 85.9 Å². The minimum Gasteiger partial charge on any atom is -0.487 e. The van der Waals surface area contributed by atoms with Gasteiger partial charge in [-0.25, -0.2) is 0 Å². The van der Waals surface area contributed by atoms with E-state index >= 15 is 0 Å². The molecule has 2 fully saturated rings. The van der Waals surface area contributed by atoms with Crippen LogP contribution in [0.2, 0.25) is 0 Å². The largest absolute Gasteiger partial charge is 0.487 e. The predicted octanol–water partition coefficient (Wildman–Crippen LogP) is 5.94. The van der Waals surface area contributed by atoms with Gasteiger partial charge in [0.2, 0.25) is 0 Å². The summed E-state index contributed by atoms with van der Waals surface area (Å²) in [5, 5.41) is 9.30. The van der Waals surface area contributed by atoms with Crippen molar-refractivity contribution in [3.63, 3.8) is 0 Å². The van der Waals surface area contributed by atoms with Crippen molar-refractivity contribution in [2.45, 2.75) is 64.2 Å². The van der Waals surface area contributed by atoms with E-state index in [1.807, 2.05) is 19.1 Å². The van der Waals surface area contributed by atoms with Gasteiger partial charge in [0.1, 0.15) is 12.4 Å². The van der Waals surface area contributed by atoms with E-state index in [-0.39, 0.29) is 12.6 Å². The van der Waals surface area contributed by atoms with Gasteiger partial charge >= 0.3 is 5.97 Å². The normalized spacial score (nSPS) is 16.8. The number of piperazine rings is 1. The number of unbranched alkanes of at least 4 members (excludes halogenated alkanes) is 1. The van der Waals surface area contributed by atoms with Crippen LogP contribution in [0, 0.1) is 16.0 Å². The molecule has 0 radical (unpaired) electrons. The average molecular weight is 596 g/mol. The van der Waals surface area contributed by atoms with Gasteiger partial charge in [-0.05, 0) is 63.2 Å². The first-order valence-corrected chi connectivity index (χ1v) is 15.0. The Balaban J connectivity index is 0.000000305. The van der Waals surface area contributed by atoms with E-state index in [9.17, 15) is 23.7 Å². The smallest absolute Gasteiger partial charge is 0.305 e. The van der Waals surface area contributed by atoms with Gasteiger partial charge in [0.25, 0.3) is 11.0 Å². The van der Waals surface area contributed by atoms with Crippen LogP contribution in [0.1, 0.15) is 58.3 Å². The van der Waals surface area contributed by atoms with Crippen molar-refractivity contribution in [3.05, 3.63) is 64.8 Å². The molecule has 9 nitrogen and oxygen atoms in total. The lowest BCUT2D eigenvalue weighted by atomic mass is 10.1. The predicted molar refractivity (Wildman–Crippen MR) is 158 cm³/mol. The fourth-order valence-corrected chi connectivity index (χ4v) is 4.73. The average Bonchev–Trinajstić information content (AvgIpc) is 3.51. The second-order valence-corrected chi connectivity index (χ2v) is 10.5.